The highest BCUT2D eigenvalue weighted by molar-refractivity contribution is 5.02. The molecule has 1 aliphatic rings. The molecule has 0 unspecified atom stereocenters. The average molecular weight is 228 g/mol. The first-order valence-corrected chi connectivity index (χ1v) is 5.17. The van der Waals surface area contributed by atoms with Crippen LogP contribution < -0.4 is 11.2 Å². The van der Waals surface area contributed by atoms with E-state index in [2.05, 4.69) is 0 Å². The molecule has 1 saturated heterocycles. The predicted molar refractivity (Wildman–Crippen MR) is 55.0 cm³/mol. The number of rotatable bonds is 1. The minimum absolute atomic E-state index is 0.0530. The van der Waals surface area contributed by atoms with E-state index in [9.17, 15) is 14.1 Å². The monoisotopic (exact) mass is 228 g/mol. The van der Waals surface area contributed by atoms with Crippen molar-refractivity contribution < 1.29 is 9.22 Å². The molecule has 2 atom stereocenters. The maximum atomic E-state index is 13.2. The first kappa shape index (κ1) is 11.1. The van der Waals surface area contributed by atoms with E-state index in [4.69, 9.17) is 4.74 Å². The average Bonchev–Trinajstić information content (AvgIpc) is 2.67. The molecule has 1 aromatic rings. The van der Waals surface area contributed by atoms with Crippen molar-refractivity contribution in [3.63, 3.8) is 0 Å². The lowest BCUT2D eigenvalue weighted by atomic mass is 10.2. The minimum atomic E-state index is -0.977. The van der Waals surface area contributed by atoms with Crippen LogP contribution in [0.15, 0.2) is 15.8 Å². The van der Waals surface area contributed by atoms with Crippen LogP contribution in [0.4, 0.5) is 4.48 Å². The van der Waals surface area contributed by atoms with Crippen molar-refractivity contribution in [1.82, 2.24) is 9.36 Å². The highest BCUT2D eigenvalue weighted by atomic mass is 19.2. The third kappa shape index (κ3) is 1.69. The van der Waals surface area contributed by atoms with Crippen LogP contribution >= 0.6 is 0 Å². The fourth-order valence-electron chi connectivity index (χ4n) is 1.85. The van der Waals surface area contributed by atoms with Gasteiger partial charge < -0.3 is 4.74 Å². The van der Waals surface area contributed by atoms with Gasteiger partial charge in [0.1, 0.15) is 6.23 Å². The lowest BCUT2D eigenvalue weighted by Crippen LogP contribution is -2.38. The molecule has 2 heterocycles. The Labute approximate surface area is 91.0 Å². The zero-order chi connectivity index (χ0) is 11.9. The van der Waals surface area contributed by atoms with Gasteiger partial charge >= 0.3 is 5.69 Å². The molecule has 5 nitrogen and oxygen atoms in total. The number of hydrogen-bond acceptors (Lipinski definition) is 3. The van der Waals surface area contributed by atoms with Gasteiger partial charge in [0, 0.05) is 11.8 Å². The molecule has 0 amide bonds. The molecule has 2 rings (SSSR count). The summed E-state index contributed by atoms with van der Waals surface area (Å²) >= 11 is 0. The van der Waals surface area contributed by atoms with Crippen molar-refractivity contribution in [2.24, 2.45) is 0 Å². The van der Waals surface area contributed by atoms with Gasteiger partial charge in [0.15, 0.2) is 0 Å². The molecule has 1 fully saturated rings. The summed E-state index contributed by atoms with van der Waals surface area (Å²) in [5, 5.41) is 0. The Morgan fingerprint density at radius 2 is 2.12 bits per heavy atom. The summed E-state index contributed by atoms with van der Waals surface area (Å²) < 4.78 is 19.8. The van der Waals surface area contributed by atoms with E-state index in [0.29, 0.717) is 6.42 Å². The number of halogens is 1. The number of nitrogens with zero attached hydrogens (tertiary/aromatic N) is 2. The molecular weight excluding hydrogens is 215 g/mol. The molecule has 0 aromatic carbocycles. The maximum Gasteiger partial charge on any atom is 0.362 e. The summed E-state index contributed by atoms with van der Waals surface area (Å²) in [6, 6.07) is 0. The van der Waals surface area contributed by atoms with Gasteiger partial charge in [-0.15, -0.1) is 0 Å². The highest BCUT2D eigenvalue weighted by Gasteiger charge is 2.25. The first-order chi connectivity index (χ1) is 7.50. The summed E-state index contributed by atoms with van der Waals surface area (Å²) in [6.45, 7) is 3.36. The van der Waals surface area contributed by atoms with Gasteiger partial charge in [0.2, 0.25) is 0 Å². The molecule has 6 heteroatoms. The number of hydrogen-bond donors (Lipinski definition) is 0. The molecule has 0 bridgehead atoms. The van der Waals surface area contributed by atoms with Gasteiger partial charge in [-0.25, -0.2) is 4.79 Å². The summed E-state index contributed by atoms with van der Waals surface area (Å²) in [4.78, 5) is 22.3. The normalized spacial score (nSPS) is 24.9. The van der Waals surface area contributed by atoms with Gasteiger partial charge in [-0.2, -0.15) is 0 Å². The van der Waals surface area contributed by atoms with Crippen LogP contribution in [0.2, 0.25) is 0 Å². The van der Waals surface area contributed by atoms with Crippen molar-refractivity contribution in [2.45, 2.75) is 39.0 Å². The minimum Gasteiger partial charge on any atom is -0.355 e. The quantitative estimate of drug-likeness (QED) is 0.712. The fraction of sp³-hybridized carbons (Fsp3) is 0.600. The first-order valence-electron chi connectivity index (χ1n) is 5.17. The Kier molecular flexibility index (Phi) is 2.67. The summed E-state index contributed by atoms with van der Waals surface area (Å²) in [7, 11) is 0. The Hall–Kier alpha value is -1.43. The predicted octanol–water partition coefficient (Wildman–Crippen LogP) is 0.749. The zero-order valence-electron chi connectivity index (χ0n) is 9.14. The maximum absolute atomic E-state index is 13.2. The van der Waals surface area contributed by atoms with Crippen molar-refractivity contribution in [1.29, 1.82) is 0 Å². The van der Waals surface area contributed by atoms with Crippen LogP contribution in [0.25, 0.3) is 0 Å². The van der Waals surface area contributed by atoms with Crippen LogP contribution in [-0.4, -0.2) is 15.5 Å². The number of aromatic nitrogens is 2. The molecule has 0 N–H and O–H groups in total. The third-order valence-electron chi connectivity index (χ3n) is 2.76. The fourth-order valence-corrected chi connectivity index (χ4v) is 1.85. The zero-order valence-corrected chi connectivity index (χ0v) is 9.14. The van der Waals surface area contributed by atoms with Crippen LogP contribution in [-0.2, 0) is 4.74 Å². The van der Waals surface area contributed by atoms with Crippen LogP contribution in [0.5, 0.6) is 0 Å². The van der Waals surface area contributed by atoms with Gasteiger partial charge in [-0.3, -0.25) is 9.36 Å². The highest BCUT2D eigenvalue weighted by Crippen LogP contribution is 2.26. The van der Waals surface area contributed by atoms with Crippen LogP contribution in [0.3, 0.4) is 0 Å². The molecule has 0 radical (unpaired) electrons. The van der Waals surface area contributed by atoms with E-state index in [1.165, 1.54) is 13.1 Å². The summed E-state index contributed by atoms with van der Waals surface area (Å²) in [6.07, 6.45) is 2.41. The Balaban J connectivity index is 2.50. The van der Waals surface area contributed by atoms with Gasteiger partial charge in [-0.05, 0) is 26.7 Å². The second-order valence-electron chi connectivity index (χ2n) is 4.07. The SMILES string of the molecule is Cc1cn([C@H]2CC[C@@H](C)O2)c(=O)n(F)c1=O. The molecule has 0 saturated carbocycles. The smallest absolute Gasteiger partial charge is 0.355 e. The molecule has 0 spiro atoms. The summed E-state index contributed by atoms with van der Waals surface area (Å²) in [5.74, 6) is 0. The topological polar surface area (TPSA) is 53.2 Å². The van der Waals surface area contributed by atoms with Gasteiger partial charge in [0.05, 0.1) is 6.10 Å². The molecule has 88 valence electrons. The van der Waals surface area contributed by atoms with Crippen molar-refractivity contribution in [2.75, 3.05) is 0 Å². The van der Waals surface area contributed by atoms with Gasteiger partial charge in [-0.1, -0.05) is 9.27 Å². The molecule has 0 aliphatic carbocycles. The Bertz CT molecular complexity index is 520. The van der Waals surface area contributed by atoms with E-state index < -0.39 is 17.5 Å². The standard InChI is InChI=1S/C10H13FN2O3/c1-6-5-12(8-4-3-7(2)16-8)10(15)13(11)9(6)14/h5,7-8H,3-4H2,1-2H3/t7-,8-/m1/s1. The van der Waals surface area contributed by atoms with E-state index >= 15 is 0 Å². The second kappa shape index (κ2) is 3.86. The molecule has 16 heavy (non-hydrogen) atoms. The van der Waals surface area contributed by atoms with E-state index in [-0.39, 0.29) is 16.5 Å². The Morgan fingerprint density at radius 1 is 1.44 bits per heavy atom. The van der Waals surface area contributed by atoms with E-state index in [1.807, 2.05) is 6.92 Å². The lowest BCUT2D eigenvalue weighted by molar-refractivity contribution is 0.00527. The van der Waals surface area contributed by atoms with Gasteiger partial charge in [0.25, 0.3) is 5.56 Å². The Morgan fingerprint density at radius 3 is 2.69 bits per heavy atom. The van der Waals surface area contributed by atoms with Crippen LogP contribution in [0.1, 0.15) is 31.6 Å². The van der Waals surface area contributed by atoms with Crippen molar-refractivity contribution >= 4 is 0 Å². The van der Waals surface area contributed by atoms with Crippen molar-refractivity contribution in [3.05, 3.63) is 32.6 Å². The molecule has 1 aromatic heterocycles. The lowest BCUT2D eigenvalue weighted by Gasteiger charge is -2.14. The molecular formula is C10H13FN2O3. The summed E-state index contributed by atoms with van der Waals surface area (Å²) in [5.41, 5.74) is -1.70. The number of aryl methyl sites for hydroxylation is 1. The largest absolute Gasteiger partial charge is 0.362 e. The third-order valence-corrected chi connectivity index (χ3v) is 2.76. The second-order valence-corrected chi connectivity index (χ2v) is 4.07. The number of ether oxygens (including phenoxy) is 1. The molecule has 1 aliphatic heterocycles. The van der Waals surface area contributed by atoms with Crippen molar-refractivity contribution in [3.8, 4) is 0 Å². The van der Waals surface area contributed by atoms with Crippen LogP contribution in [0, 0.1) is 6.92 Å². The van der Waals surface area contributed by atoms with E-state index in [0.717, 1.165) is 11.0 Å². The van der Waals surface area contributed by atoms with E-state index in [1.54, 1.807) is 0 Å².